The van der Waals surface area contributed by atoms with Crippen molar-refractivity contribution in [1.82, 2.24) is 0 Å². The quantitative estimate of drug-likeness (QED) is 0.611. The zero-order chi connectivity index (χ0) is 18.7. The zero-order valence-electron chi connectivity index (χ0n) is 14.7. The van der Waals surface area contributed by atoms with Gasteiger partial charge in [0.25, 0.3) is 0 Å². The molecule has 0 bridgehead atoms. The summed E-state index contributed by atoms with van der Waals surface area (Å²) < 4.78 is 37.6. The average Bonchev–Trinajstić information content (AvgIpc) is 3.40. The van der Waals surface area contributed by atoms with Gasteiger partial charge in [-0.15, -0.1) is 0 Å². The van der Waals surface area contributed by atoms with E-state index in [1.807, 2.05) is 0 Å². The van der Waals surface area contributed by atoms with E-state index in [0.717, 1.165) is 18.9 Å². The van der Waals surface area contributed by atoms with Crippen LogP contribution in [0.3, 0.4) is 0 Å². The summed E-state index contributed by atoms with van der Waals surface area (Å²) in [5.74, 6) is 0.268. The zero-order valence-corrected chi connectivity index (χ0v) is 14.7. The highest BCUT2D eigenvalue weighted by Crippen LogP contribution is 2.49. The third-order valence-corrected chi connectivity index (χ3v) is 4.56. The Morgan fingerprint density at radius 2 is 1.85 bits per heavy atom. The minimum absolute atomic E-state index is 0.214. The molecule has 0 radical (unpaired) electrons. The second-order valence-electron chi connectivity index (χ2n) is 6.30. The Kier molecular flexibility index (Phi) is 4.97. The first kappa shape index (κ1) is 18.0. The van der Waals surface area contributed by atoms with E-state index < -0.39 is 17.0 Å². The number of hydrogen-bond donors (Lipinski definition) is 2. The minimum atomic E-state index is -0.583. The van der Waals surface area contributed by atoms with Gasteiger partial charge in [-0.25, -0.2) is 8.78 Å². The molecule has 26 heavy (non-hydrogen) atoms. The van der Waals surface area contributed by atoms with Crippen LogP contribution < -0.4 is 20.5 Å². The van der Waals surface area contributed by atoms with Gasteiger partial charge in [0.1, 0.15) is 11.6 Å². The van der Waals surface area contributed by atoms with Crippen LogP contribution in [0.25, 0.3) is 0 Å². The second-order valence-corrected chi connectivity index (χ2v) is 6.30. The van der Waals surface area contributed by atoms with Crippen molar-refractivity contribution in [1.29, 1.82) is 0 Å². The molecule has 0 unspecified atom stereocenters. The average molecular weight is 361 g/mol. The number of rotatable bonds is 6. The summed E-state index contributed by atoms with van der Waals surface area (Å²) in [6, 6.07) is 8.96. The topological polar surface area (TPSA) is 68.9 Å². The lowest BCUT2D eigenvalue weighted by atomic mass is 9.95. The van der Waals surface area contributed by atoms with Crippen LogP contribution in [0.15, 0.2) is 41.4 Å². The van der Waals surface area contributed by atoms with Crippen molar-refractivity contribution in [2.75, 3.05) is 26.1 Å². The summed E-state index contributed by atoms with van der Waals surface area (Å²) in [6.07, 6.45) is 1.59. The molecule has 1 fully saturated rings. The summed E-state index contributed by atoms with van der Waals surface area (Å²) in [5, 5.41) is 2.98. The summed E-state index contributed by atoms with van der Waals surface area (Å²) in [4.78, 5) is 4.34. The highest BCUT2D eigenvalue weighted by atomic mass is 19.1. The monoisotopic (exact) mass is 361 g/mol. The Labute approximate surface area is 150 Å². The van der Waals surface area contributed by atoms with Gasteiger partial charge in [0.15, 0.2) is 17.5 Å². The Morgan fingerprint density at radius 1 is 1.12 bits per heavy atom. The number of ether oxygens (including phenoxy) is 2. The lowest BCUT2D eigenvalue weighted by Crippen LogP contribution is -2.25. The fraction of sp³-hybridized carbons (Fsp3) is 0.316. The maximum Gasteiger partial charge on any atom is 0.193 e. The maximum absolute atomic E-state index is 14.1. The molecule has 1 aliphatic carbocycles. The Bertz CT molecular complexity index is 836. The maximum atomic E-state index is 14.1. The number of halogens is 2. The number of nitrogens with two attached hydrogens (primary N) is 1. The van der Waals surface area contributed by atoms with Gasteiger partial charge in [-0.3, -0.25) is 4.99 Å². The minimum Gasteiger partial charge on any atom is -0.493 e. The van der Waals surface area contributed by atoms with Crippen molar-refractivity contribution in [2.45, 2.75) is 18.3 Å². The molecular weight excluding hydrogens is 340 g/mol. The molecule has 3 rings (SSSR count). The second kappa shape index (κ2) is 7.19. The van der Waals surface area contributed by atoms with E-state index in [1.165, 1.54) is 12.1 Å². The van der Waals surface area contributed by atoms with Gasteiger partial charge in [0.2, 0.25) is 0 Å². The fourth-order valence-electron chi connectivity index (χ4n) is 2.92. The van der Waals surface area contributed by atoms with Gasteiger partial charge in [-0.2, -0.15) is 0 Å². The number of hydrogen-bond acceptors (Lipinski definition) is 3. The van der Waals surface area contributed by atoms with Crippen LogP contribution in [-0.2, 0) is 5.41 Å². The van der Waals surface area contributed by atoms with E-state index in [9.17, 15) is 8.78 Å². The summed E-state index contributed by atoms with van der Waals surface area (Å²) in [5.41, 5.74) is 6.74. The predicted molar refractivity (Wildman–Crippen MR) is 96.9 cm³/mol. The van der Waals surface area contributed by atoms with Gasteiger partial charge in [0, 0.05) is 23.2 Å². The first-order valence-electron chi connectivity index (χ1n) is 8.22. The molecule has 138 valence electrons. The predicted octanol–water partition coefficient (Wildman–Crippen LogP) is 3.44. The van der Waals surface area contributed by atoms with Crippen molar-refractivity contribution in [3.63, 3.8) is 0 Å². The third-order valence-electron chi connectivity index (χ3n) is 4.56. The van der Waals surface area contributed by atoms with E-state index >= 15 is 0 Å². The number of anilines is 1. The van der Waals surface area contributed by atoms with Crippen LogP contribution in [0.5, 0.6) is 11.5 Å². The first-order valence-corrected chi connectivity index (χ1v) is 8.22. The van der Waals surface area contributed by atoms with Crippen LogP contribution >= 0.6 is 0 Å². The van der Waals surface area contributed by atoms with Gasteiger partial charge in [-0.1, -0.05) is 6.07 Å². The summed E-state index contributed by atoms with van der Waals surface area (Å²) in [7, 11) is 3.11. The molecule has 3 N–H and O–H groups in total. The Balaban J connectivity index is 1.71. The van der Waals surface area contributed by atoms with Gasteiger partial charge < -0.3 is 20.5 Å². The molecular formula is C19H21F2N3O2. The molecule has 0 heterocycles. The molecule has 2 aromatic carbocycles. The molecule has 2 aromatic rings. The van der Waals surface area contributed by atoms with Gasteiger partial charge in [-0.05, 0) is 36.6 Å². The number of methoxy groups -OCH3 is 2. The smallest absolute Gasteiger partial charge is 0.193 e. The van der Waals surface area contributed by atoms with Crippen molar-refractivity contribution in [3.8, 4) is 11.5 Å². The largest absolute Gasteiger partial charge is 0.493 e. The van der Waals surface area contributed by atoms with E-state index in [0.29, 0.717) is 29.3 Å². The van der Waals surface area contributed by atoms with E-state index in [2.05, 4.69) is 10.3 Å². The van der Waals surface area contributed by atoms with Crippen molar-refractivity contribution in [2.24, 2.45) is 10.7 Å². The normalized spacial score (nSPS) is 15.5. The molecule has 0 spiro atoms. The van der Waals surface area contributed by atoms with Crippen molar-refractivity contribution in [3.05, 3.63) is 53.6 Å². The molecule has 0 aromatic heterocycles. The fourth-order valence-corrected chi connectivity index (χ4v) is 2.92. The van der Waals surface area contributed by atoms with Crippen molar-refractivity contribution >= 4 is 11.6 Å². The summed E-state index contributed by atoms with van der Waals surface area (Å²) in [6.45, 7) is 0.335. The van der Waals surface area contributed by atoms with Crippen molar-refractivity contribution < 1.29 is 18.3 Å². The lowest BCUT2D eigenvalue weighted by Gasteiger charge is -2.15. The highest BCUT2D eigenvalue weighted by molar-refractivity contribution is 5.92. The molecule has 0 saturated heterocycles. The molecule has 0 aliphatic heterocycles. The molecule has 5 nitrogen and oxygen atoms in total. The first-order chi connectivity index (χ1) is 12.5. The third kappa shape index (κ3) is 3.71. The highest BCUT2D eigenvalue weighted by Gasteiger charge is 2.46. The van der Waals surface area contributed by atoms with Crippen LogP contribution in [-0.4, -0.2) is 26.7 Å². The summed E-state index contributed by atoms with van der Waals surface area (Å²) >= 11 is 0. The number of guanidine groups is 1. The van der Waals surface area contributed by atoms with E-state index in [-0.39, 0.29) is 5.96 Å². The molecule has 1 aliphatic rings. The Hall–Kier alpha value is -2.83. The molecule has 7 heteroatoms. The van der Waals surface area contributed by atoms with Crippen LogP contribution in [0.4, 0.5) is 14.5 Å². The van der Waals surface area contributed by atoms with E-state index in [4.69, 9.17) is 15.2 Å². The lowest BCUT2D eigenvalue weighted by molar-refractivity contribution is 0.355. The number of nitrogens with one attached hydrogen (secondary N) is 1. The molecule has 0 atom stereocenters. The van der Waals surface area contributed by atoms with Crippen LogP contribution in [0.1, 0.15) is 18.4 Å². The SMILES string of the molecule is COc1ccc(NC(N)=NCC2(c3ccc(F)cc3F)CC2)cc1OC. The van der Waals surface area contributed by atoms with E-state index in [1.54, 1.807) is 32.4 Å². The molecule has 0 amide bonds. The number of benzene rings is 2. The van der Waals surface area contributed by atoms with Crippen LogP contribution in [0.2, 0.25) is 0 Å². The Morgan fingerprint density at radius 3 is 2.46 bits per heavy atom. The van der Waals surface area contributed by atoms with Gasteiger partial charge in [0.05, 0.1) is 20.8 Å². The number of nitrogens with zero attached hydrogens (tertiary/aromatic N) is 1. The number of aliphatic imine (C=N–C) groups is 1. The molecule has 1 saturated carbocycles. The standard InChI is InChI=1S/C19H21F2N3O2/c1-25-16-6-4-13(10-17(16)26-2)24-18(22)23-11-19(7-8-19)14-5-3-12(20)9-15(14)21/h3-6,9-10H,7-8,11H2,1-2H3,(H3,22,23,24). The van der Waals surface area contributed by atoms with Crippen LogP contribution in [0, 0.1) is 11.6 Å². The van der Waals surface area contributed by atoms with Gasteiger partial charge >= 0.3 is 0 Å².